The Kier molecular flexibility index (Phi) is 4.66. The summed E-state index contributed by atoms with van der Waals surface area (Å²) in [4.78, 5) is 28.9. The van der Waals surface area contributed by atoms with Crippen molar-refractivity contribution in [2.45, 2.75) is 26.2 Å². The average molecular weight is 330 g/mol. The molecule has 6 nitrogen and oxygen atoms in total. The Morgan fingerprint density at radius 3 is 2.83 bits per heavy atom. The van der Waals surface area contributed by atoms with Gasteiger partial charge in [-0.15, -0.1) is 0 Å². The molecular formula is C16H18N4O2S. The molecule has 0 unspecified atom stereocenters. The molecule has 120 valence electrons. The number of anilines is 1. The van der Waals surface area contributed by atoms with E-state index < -0.39 is 0 Å². The van der Waals surface area contributed by atoms with Gasteiger partial charge in [0.2, 0.25) is 5.91 Å². The van der Waals surface area contributed by atoms with Gasteiger partial charge in [0.25, 0.3) is 5.91 Å². The first-order valence-corrected chi connectivity index (χ1v) is 8.45. The molecular weight excluding hydrogens is 312 g/mol. The Labute approximate surface area is 138 Å². The highest BCUT2D eigenvalue weighted by molar-refractivity contribution is 7.09. The first-order valence-electron chi connectivity index (χ1n) is 7.68. The molecule has 0 aromatic carbocycles. The van der Waals surface area contributed by atoms with Gasteiger partial charge in [0.15, 0.2) is 0 Å². The maximum absolute atomic E-state index is 12.4. The summed E-state index contributed by atoms with van der Waals surface area (Å²) in [6, 6.07) is 5.46. The van der Waals surface area contributed by atoms with E-state index in [9.17, 15) is 9.59 Å². The molecule has 1 fully saturated rings. The van der Waals surface area contributed by atoms with Gasteiger partial charge in [-0.3, -0.25) is 14.6 Å². The fraction of sp³-hybridized carbons (Fsp3) is 0.375. The first-order chi connectivity index (χ1) is 11.2. The molecule has 3 rings (SSSR count). The molecule has 0 radical (unpaired) electrons. The molecule has 2 aromatic heterocycles. The summed E-state index contributed by atoms with van der Waals surface area (Å²) in [5.74, 6) is 0.248. The minimum atomic E-state index is -0.192. The summed E-state index contributed by atoms with van der Waals surface area (Å²) in [7, 11) is 0. The van der Waals surface area contributed by atoms with Crippen LogP contribution in [0.15, 0.2) is 24.4 Å². The van der Waals surface area contributed by atoms with Crippen molar-refractivity contribution in [3.05, 3.63) is 29.3 Å². The lowest BCUT2D eigenvalue weighted by atomic mass is 10.2. The van der Waals surface area contributed by atoms with Crippen molar-refractivity contribution < 1.29 is 9.59 Å². The van der Waals surface area contributed by atoms with Crippen LogP contribution < -0.4 is 10.6 Å². The number of nitrogens with one attached hydrogen (secondary N) is 2. The number of hydrogen-bond donors (Lipinski definition) is 2. The summed E-state index contributed by atoms with van der Waals surface area (Å²) in [6.07, 6.45) is 4.33. The van der Waals surface area contributed by atoms with E-state index in [1.807, 2.05) is 18.2 Å². The Hall–Kier alpha value is -2.28. The van der Waals surface area contributed by atoms with E-state index in [1.165, 1.54) is 12.8 Å². The summed E-state index contributed by atoms with van der Waals surface area (Å²) in [6.45, 7) is 2.44. The van der Waals surface area contributed by atoms with Crippen molar-refractivity contribution >= 4 is 29.0 Å². The molecule has 0 bridgehead atoms. The van der Waals surface area contributed by atoms with Crippen LogP contribution in [0.25, 0.3) is 11.4 Å². The number of aromatic nitrogens is 2. The first kappa shape index (κ1) is 15.6. The van der Waals surface area contributed by atoms with Crippen molar-refractivity contribution in [1.82, 2.24) is 14.7 Å². The van der Waals surface area contributed by atoms with Crippen molar-refractivity contribution in [3.8, 4) is 11.4 Å². The van der Waals surface area contributed by atoms with Crippen LogP contribution in [-0.4, -0.2) is 27.7 Å². The van der Waals surface area contributed by atoms with E-state index >= 15 is 0 Å². The lowest BCUT2D eigenvalue weighted by molar-refractivity contribution is -0.115. The standard InChI is InChI=1S/C16H18N4O2S/c1-2-12(21)19-14-13(11-5-3-4-8-17-11)20-23-15(14)16(22)18-9-10-6-7-10/h3-5,8,10H,2,6-7,9H2,1H3,(H,18,22)(H,19,21). The summed E-state index contributed by atoms with van der Waals surface area (Å²) < 4.78 is 4.34. The van der Waals surface area contributed by atoms with Gasteiger partial charge in [0.05, 0.1) is 11.4 Å². The van der Waals surface area contributed by atoms with Crippen LogP contribution >= 0.6 is 11.5 Å². The van der Waals surface area contributed by atoms with Gasteiger partial charge in [-0.2, -0.15) is 4.37 Å². The van der Waals surface area contributed by atoms with E-state index in [2.05, 4.69) is 20.0 Å². The van der Waals surface area contributed by atoms with Crippen molar-refractivity contribution in [2.75, 3.05) is 11.9 Å². The van der Waals surface area contributed by atoms with Gasteiger partial charge >= 0.3 is 0 Å². The zero-order valence-electron chi connectivity index (χ0n) is 12.8. The van der Waals surface area contributed by atoms with Crippen LogP contribution in [0.2, 0.25) is 0 Å². The highest BCUT2D eigenvalue weighted by Crippen LogP contribution is 2.33. The van der Waals surface area contributed by atoms with Crippen LogP contribution in [0, 0.1) is 5.92 Å². The highest BCUT2D eigenvalue weighted by atomic mass is 32.1. The SMILES string of the molecule is CCC(=O)Nc1c(-c2ccccn2)nsc1C(=O)NCC1CC1. The summed E-state index contributed by atoms with van der Waals surface area (Å²) in [5.41, 5.74) is 1.62. The number of carbonyl (C=O) groups excluding carboxylic acids is 2. The number of rotatable bonds is 6. The topological polar surface area (TPSA) is 84.0 Å². The fourth-order valence-corrected chi connectivity index (χ4v) is 2.87. The average Bonchev–Trinajstić information content (AvgIpc) is 3.32. The summed E-state index contributed by atoms with van der Waals surface area (Å²) in [5, 5.41) is 5.72. The fourth-order valence-electron chi connectivity index (χ4n) is 2.11. The van der Waals surface area contributed by atoms with Crippen LogP contribution in [-0.2, 0) is 4.79 Å². The Morgan fingerprint density at radius 2 is 2.17 bits per heavy atom. The molecule has 23 heavy (non-hydrogen) atoms. The zero-order valence-corrected chi connectivity index (χ0v) is 13.7. The Bertz CT molecular complexity index is 710. The van der Waals surface area contributed by atoms with E-state index in [0.29, 0.717) is 40.8 Å². The van der Waals surface area contributed by atoms with Crippen molar-refractivity contribution in [2.24, 2.45) is 5.92 Å². The molecule has 2 aromatic rings. The van der Waals surface area contributed by atoms with E-state index in [-0.39, 0.29) is 11.8 Å². The molecule has 1 aliphatic carbocycles. The number of pyridine rings is 1. The minimum Gasteiger partial charge on any atom is -0.351 e. The van der Waals surface area contributed by atoms with Gasteiger partial charge in [0.1, 0.15) is 10.6 Å². The minimum absolute atomic E-state index is 0.154. The Morgan fingerprint density at radius 1 is 1.35 bits per heavy atom. The predicted molar refractivity (Wildman–Crippen MR) is 89.3 cm³/mol. The molecule has 2 heterocycles. The largest absolute Gasteiger partial charge is 0.351 e. The van der Waals surface area contributed by atoms with Crippen LogP contribution in [0.3, 0.4) is 0 Å². The maximum Gasteiger partial charge on any atom is 0.265 e. The third kappa shape index (κ3) is 3.73. The molecule has 7 heteroatoms. The van der Waals surface area contributed by atoms with Crippen LogP contribution in [0.4, 0.5) is 5.69 Å². The van der Waals surface area contributed by atoms with Crippen LogP contribution in [0.1, 0.15) is 35.9 Å². The van der Waals surface area contributed by atoms with E-state index in [4.69, 9.17) is 0 Å². The second-order valence-corrected chi connectivity index (χ2v) is 6.28. The summed E-state index contributed by atoms with van der Waals surface area (Å²) >= 11 is 1.09. The van der Waals surface area contributed by atoms with E-state index in [0.717, 1.165) is 11.5 Å². The predicted octanol–water partition coefficient (Wildman–Crippen LogP) is 2.69. The normalized spacial score (nSPS) is 13.6. The van der Waals surface area contributed by atoms with Gasteiger partial charge < -0.3 is 10.6 Å². The molecule has 0 saturated heterocycles. The molecule has 2 N–H and O–H groups in total. The number of amides is 2. The van der Waals surface area contributed by atoms with Crippen molar-refractivity contribution in [1.29, 1.82) is 0 Å². The quantitative estimate of drug-likeness (QED) is 0.853. The zero-order chi connectivity index (χ0) is 16.2. The second-order valence-electron chi connectivity index (χ2n) is 5.51. The Balaban J connectivity index is 1.89. The molecule has 0 spiro atoms. The lowest BCUT2D eigenvalue weighted by Crippen LogP contribution is -2.26. The van der Waals surface area contributed by atoms with Gasteiger partial charge in [-0.05, 0) is 42.4 Å². The molecule has 0 atom stereocenters. The monoisotopic (exact) mass is 330 g/mol. The van der Waals surface area contributed by atoms with Crippen molar-refractivity contribution in [3.63, 3.8) is 0 Å². The second kappa shape index (κ2) is 6.87. The number of nitrogens with zero attached hydrogens (tertiary/aromatic N) is 2. The van der Waals surface area contributed by atoms with Crippen LogP contribution in [0.5, 0.6) is 0 Å². The lowest BCUT2D eigenvalue weighted by Gasteiger charge is -2.08. The third-order valence-corrected chi connectivity index (χ3v) is 4.49. The van der Waals surface area contributed by atoms with Gasteiger partial charge in [-0.25, -0.2) is 0 Å². The molecule has 1 aliphatic rings. The molecule has 2 amide bonds. The maximum atomic E-state index is 12.4. The number of carbonyl (C=O) groups is 2. The molecule has 0 aliphatic heterocycles. The van der Waals surface area contributed by atoms with Gasteiger partial charge in [0, 0.05) is 19.2 Å². The van der Waals surface area contributed by atoms with E-state index in [1.54, 1.807) is 13.1 Å². The third-order valence-electron chi connectivity index (χ3n) is 3.64. The smallest absolute Gasteiger partial charge is 0.265 e. The molecule has 1 saturated carbocycles. The van der Waals surface area contributed by atoms with Gasteiger partial charge in [-0.1, -0.05) is 13.0 Å². The number of hydrogen-bond acceptors (Lipinski definition) is 5. The highest BCUT2D eigenvalue weighted by Gasteiger charge is 2.26.